The Morgan fingerprint density at radius 1 is 1.52 bits per heavy atom. The summed E-state index contributed by atoms with van der Waals surface area (Å²) in [6.45, 7) is 3.82. The predicted molar refractivity (Wildman–Crippen MR) is 85.6 cm³/mol. The third-order valence-electron chi connectivity index (χ3n) is 4.24. The van der Waals surface area contributed by atoms with Gasteiger partial charge in [-0.3, -0.25) is 4.68 Å². The lowest BCUT2D eigenvalue weighted by Gasteiger charge is -2.27. The van der Waals surface area contributed by atoms with E-state index in [1.54, 1.807) is 10.9 Å². The van der Waals surface area contributed by atoms with E-state index in [4.69, 9.17) is 4.74 Å². The Bertz CT molecular complexity index is 481. The third-order valence-corrected chi connectivity index (χ3v) is 5.66. The molecule has 0 atom stereocenters. The molecule has 0 aliphatic heterocycles. The number of hydrogen-bond donors (Lipinski definition) is 1. The Labute approximate surface area is 130 Å². The minimum absolute atomic E-state index is 0.289. The summed E-state index contributed by atoms with van der Waals surface area (Å²) in [6, 6.07) is 0. The molecule has 2 rings (SSSR count). The molecule has 0 unspecified atom stereocenters. The highest BCUT2D eigenvalue weighted by Gasteiger charge is 2.32. The smallest absolute Gasteiger partial charge is 0.341 e. The summed E-state index contributed by atoms with van der Waals surface area (Å²) in [6.07, 6.45) is 8.98. The van der Waals surface area contributed by atoms with Gasteiger partial charge in [-0.05, 0) is 26.0 Å². The van der Waals surface area contributed by atoms with Crippen LogP contribution in [0, 0.1) is 0 Å². The zero-order valence-electron chi connectivity index (χ0n) is 13.1. The summed E-state index contributed by atoms with van der Waals surface area (Å²) in [4.78, 5) is 11.9. The first kappa shape index (κ1) is 16.4. The van der Waals surface area contributed by atoms with Gasteiger partial charge < -0.3 is 10.1 Å². The largest absolute Gasteiger partial charge is 0.462 e. The van der Waals surface area contributed by atoms with Crippen molar-refractivity contribution in [3.05, 3.63) is 17.5 Å². The van der Waals surface area contributed by atoms with Crippen LogP contribution in [0.5, 0.6) is 0 Å². The van der Waals surface area contributed by atoms with E-state index in [2.05, 4.69) is 16.7 Å². The van der Waals surface area contributed by atoms with Gasteiger partial charge in [-0.25, -0.2) is 4.79 Å². The molecular weight excluding hydrogens is 286 g/mol. The molecule has 0 bridgehead atoms. The summed E-state index contributed by atoms with van der Waals surface area (Å²) in [5, 5.41) is 7.69. The molecule has 1 aromatic heterocycles. The second-order valence-corrected chi connectivity index (χ2v) is 6.82. The second-order valence-electron chi connectivity index (χ2n) is 5.55. The monoisotopic (exact) mass is 311 g/mol. The first-order valence-electron chi connectivity index (χ1n) is 7.56. The molecule has 1 aliphatic rings. The molecule has 1 N–H and O–H groups in total. The van der Waals surface area contributed by atoms with E-state index < -0.39 is 0 Å². The van der Waals surface area contributed by atoms with E-state index in [-0.39, 0.29) is 5.97 Å². The summed E-state index contributed by atoms with van der Waals surface area (Å²) < 4.78 is 7.19. The normalized spacial score (nSPS) is 17.1. The van der Waals surface area contributed by atoms with Crippen molar-refractivity contribution in [3.63, 3.8) is 0 Å². The molecule has 21 heavy (non-hydrogen) atoms. The molecule has 5 nitrogen and oxygen atoms in total. The Kier molecular flexibility index (Phi) is 5.70. The first-order chi connectivity index (χ1) is 10.1. The van der Waals surface area contributed by atoms with E-state index in [1.165, 1.54) is 25.7 Å². The lowest BCUT2D eigenvalue weighted by atomic mass is 10.1. The number of nitrogens with zero attached hydrogens (tertiary/aromatic N) is 2. The summed E-state index contributed by atoms with van der Waals surface area (Å²) >= 11 is 1.96. The third kappa shape index (κ3) is 3.80. The number of nitrogens with one attached hydrogen (secondary N) is 1. The number of hydrogen-bond acceptors (Lipinski definition) is 5. The highest BCUT2D eigenvalue weighted by atomic mass is 32.2. The SMILES string of the molecule is CCOC(=O)c1cnn(C)c1CNCC1(SC)CCCC1. The van der Waals surface area contributed by atoms with Crippen molar-refractivity contribution >= 4 is 17.7 Å². The maximum absolute atomic E-state index is 11.9. The van der Waals surface area contributed by atoms with Crippen LogP contribution in [0.2, 0.25) is 0 Å². The van der Waals surface area contributed by atoms with Crippen LogP contribution in [0.25, 0.3) is 0 Å². The molecule has 1 fully saturated rings. The van der Waals surface area contributed by atoms with Crippen LogP contribution in [-0.4, -0.2) is 39.9 Å². The quantitative estimate of drug-likeness (QED) is 0.784. The molecule has 118 valence electrons. The number of carbonyl (C=O) groups excluding carboxylic acids is 1. The fourth-order valence-corrected chi connectivity index (χ4v) is 3.88. The second kappa shape index (κ2) is 7.31. The van der Waals surface area contributed by atoms with Gasteiger partial charge in [0.1, 0.15) is 5.56 Å². The molecule has 6 heteroatoms. The van der Waals surface area contributed by atoms with Gasteiger partial charge >= 0.3 is 5.97 Å². The van der Waals surface area contributed by atoms with Gasteiger partial charge in [0.25, 0.3) is 0 Å². The van der Waals surface area contributed by atoms with E-state index in [1.807, 2.05) is 25.7 Å². The number of aryl methyl sites for hydroxylation is 1. The van der Waals surface area contributed by atoms with Crippen LogP contribution in [0.1, 0.15) is 48.7 Å². The number of carbonyl (C=O) groups is 1. The Balaban J connectivity index is 1.96. The molecule has 1 aromatic rings. The van der Waals surface area contributed by atoms with Crippen molar-refractivity contribution in [1.82, 2.24) is 15.1 Å². The van der Waals surface area contributed by atoms with Crippen LogP contribution >= 0.6 is 11.8 Å². The zero-order valence-corrected chi connectivity index (χ0v) is 14.0. The lowest BCUT2D eigenvalue weighted by Crippen LogP contribution is -2.35. The van der Waals surface area contributed by atoms with E-state index in [0.29, 0.717) is 23.5 Å². The fourth-order valence-electron chi connectivity index (χ4n) is 2.93. The van der Waals surface area contributed by atoms with Crippen LogP contribution in [0.3, 0.4) is 0 Å². The van der Waals surface area contributed by atoms with Crippen molar-refractivity contribution in [2.45, 2.75) is 43.9 Å². The van der Waals surface area contributed by atoms with Crippen LogP contribution < -0.4 is 5.32 Å². The van der Waals surface area contributed by atoms with Gasteiger partial charge in [0, 0.05) is 24.9 Å². The van der Waals surface area contributed by atoms with Gasteiger partial charge in [0.05, 0.1) is 18.5 Å². The summed E-state index contributed by atoms with van der Waals surface area (Å²) in [5.41, 5.74) is 1.46. The molecule has 0 saturated heterocycles. The average molecular weight is 311 g/mol. The van der Waals surface area contributed by atoms with Crippen molar-refractivity contribution < 1.29 is 9.53 Å². The number of esters is 1. The van der Waals surface area contributed by atoms with Crippen LogP contribution in [0.15, 0.2) is 6.20 Å². The van der Waals surface area contributed by atoms with Crippen molar-refractivity contribution in [1.29, 1.82) is 0 Å². The molecule has 0 radical (unpaired) electrons. The maximum atomic E-state index is 11.9. The molecule has 0 spiro atoms. The van der Waals surface area contributed by atoms with E-state index in [0.717, 1.165) is 12.2 Å². The van der Waals surface area contributed by atoms with E-state index >= 15 is 0 Å². The Morgan fingerprint density at radius 3 is 2.86 bits per heavy atom. The Morgan fingerprint density at radius 2 is 2.24 bits per heavy atom. The van der Waals surface area contributed by atoms with E-state index in [9.17, 15) is 4.79 Å². The number of thioether (sulfide) groups is 1. The standard InChI is InChI=1S/C15H25N3O2S/c1-4-20-14(19)12-9-17-18(2)13(12)10-16-11-15(21-3)7-5-6-8-15/h9,16H,4-8,10-11H2,1-3H3. The lowest BCUT2D eigenvalue weighted by molar-refractivity contribution is 0.0524. The zero-order chi connectivity index (χ0) is 15.3. The van der Waals surface area contributed by atoms with Gasteiger partial charge in [0.15, 0.2) is 0 Å². The van der Waals surface area contributed by atoms with Gasteiger partial charge in [-0.1, -0.05) is 12.8 Å². The highest BCUT2D eigenvalue weighted by molar-refractivity contribution is 8.00. The molecule has 0 amide bonds. The molecule has 1 saturated carbocycles. The maximum Gasteiger partial charge on any atom is 0.341 e. The number of ether oxygens (including phenoxy) is 1. The van der Waals surface area contributed by atoms with Gasteiger partial charge in [-0.15, -0.1) is 0 Å². The first-order valence-corrected chi connectivity index (χ1v) is 8.78. The predicted octanol–water partition coefficient (Wildman–Crippen LogP) is 2.36. The topological polar surface area (TPSA) is 56.1 Å². The average Bonchev–Trinajstić information content (AvgIpc) is 3.08. The fraction of sp³-hybridized carbons (Fsp3) is 0.733. The highest BCUT2D eigenvalue weighted by Crippen LogP contribution is 2.39. The van der Waals surface area contributed by atoms with Crippen molar-refractivity contribution in [2.75, 3.05) is 19.4 Å². The van der Waals surface area contributed by atoms with Gasteiger partial charge in [-0.2, -0.15) is 16.9 Å². The minimum atomic E-state index is -0.289. The van der Waals surface area contributed by atoms with Crippen molar-refractivity contribution in [3.8, 4) is 0 Å². The molecule has 1 aliphatic carbocycles. The van der Waals surface area contributed by atoms with Crippen LogP contribution in [-0.2, 0) is 18.3 Å². The molecule has 0 aromatic carbocycles. The number of rotatable bonds is 7. The molecule has 1 heterocycles. The number of aromatic nitrogens is 2. The molecular formula is C15H25N3O2S. The minimum Gasteiger partial charge on any atom is -0.462 e. The van der Waals surface area contributed by atoms with Crippen LogP contribution in [0.4, 0.5) is 0 Å². The van der Waals surface area contributed by atoms with Crippen molar-refractivity contribution in [2.24, 2.45) is 7.05 Å². The Hall–Kier alpha value is -1.01. The summed E-state index contributed by atoms with van der Waals surface area (Å²) in [5.74, 6) is -0.289. The summed E-state index contributed by atoms with van der Waals surface area (Å²) in [7, 11) is 1.86. The van der Waals surface area contributed by atoms with Gasteiger partial charge in [0.2, 0.25) is 0 Å².